The van der Waals surface area contributed by atoms with Gasteiger partial charge in [0.25, 0.3) is 0 Å². The van der Waals surface area contributed by atoms with Crippen LogP contribution in [0.25, 0.3) is 0 Å². The van der Waals surface area contributed by atoms with Crippen molar-refractivity contribution in [3.05, 3.63) is 23.8 Å². The van der Waals surface area contributed by atoms with Crippen molar-refractivity contribution in [3.8, 4) is 0 Å². The van der Waals surface area contributed by atoms with Crippen LogP contribution in [0.3, 0.4) is 0 Å². The maximum absolute atomic E-state index is 12.4. The Morgan fingerprint density at radius 2 is 2.15 bits per heavy atom. The molecule has 2 aliphatic rings. The second-order valence-corrected chi connectivity index (χ2v) is 3.82. The van der Waals surface area contributed by atoms with Crippen LogP contribution in [-0.4, -0.2) is 6.18 Å². The van der Waals surface area contributed by atoms with Crippen LogP contribution in [0, 0.1) is 17.8 Å². The molecular weight excluding hydrogens is 177 g/mol. The minimum absolute atomic E-state index is 0.182. The molecule has 1 saturated carbocycles. The number of hydrogen-bond donors (Lipinski definition) is 0. The average molecular weight is 188 g/mol. The molecule has 3 unspecified atom stereocenters. The van der Waals surface area contributed by atoms with Crippen molar-refractivity contribution in [1.29, 1.82) is 0 Å². The number of halogens is 3. The molecule has 0 bridgehead atoms. The van der Waals surface area contributed by atoms with E-state index in [9.17, 15) is 13.2 Å². The van der Waals surface area contributed by atoms with Gasteiger partial charge in [-0.05, 0) is 25.2 Å². The van der Waals surface area contributed by atoms with E-state index in [1.807, 2.05) is 6.08 Å². The van der Waals surface area contributed by atoms with Gasteiger partial charge in [-0.3, -0.25) is 0 Å². The molecule has 0 saturated heterocycles. The molecule has 0 aromatic heterocycles. The van der Waals surface area contributed by atoms with Crippen molar-refractivity contribution >= 4 is 0 Å². The molecule has 2 rings (SSSR count). The number of fused-ring (bicyclic) bond motifs is 1. The van der Waals surface area contributed by atoms with Crippen LogP contribution in [0.2, 0.25) is 0 Å². The second kappa shape index (κ2) is 2.63. The Kier molecular flexibility index (Phi) is 1.79. The van der Waals surface area contributed by atoms with Gasteiger partial charge >= 0.3 is 6.18 Å². The van der Waals surface area contributed by atoms with Gasteiger partial charge in [0, 0.05) is 0 Å². The Morgan fingerprint density at radius 1 is 1.46 bits per heavy atom. The topological polar surface area (TPSA) is 0 Å². The van der Waals surface area contributed by atoms with E-state index in [0.717, 1.165) is 6.42 Å². The fourth-order valence-corrected chi connectivity index (χ4v) is 1.90. The standard InChI is InChI=1S/C10H11F3/c1-6(10(11,12)13)8-4-2-3-7-5-9(7)8/h2-4,6-7,9H,5H2,1H3. The largest absolute Gasteiger partial charge is 0.395 e. The lowest BCUT2D eigenvalue weighted by Crippen LogP contribution is -2.23. The van der Waals surface area contributed by atoms with Crippen LogP contribution in [-0.2, 0) is 0 Å². The Hall–Kier alpha value is -0.730. The van der Waals surface area contributed by atoms with Gasteiger partial charge in [-0.2, -0.15) is 13.2 Å². The van der Waals surface area contributed by atoms with E-state index in [2.05, 4.69) is 0 Å². The maximum atomic E-state index is 12.4. The molecule has 3 atom stereocenters. The third-order valence-corrected chi connectivity index (χ3v) is 2.91. The summed E-state index contributed by atoms with van der Waals surface area (Å²) in [4.78, 5) is 0. The minimum Gasteiger partial charge on any atom is -0.170 e. The zero-order chi connectivity index (χ0) is 9.64. The molecule has 0 nitrogen and oxygen atoms in total. The van der Waals surface area contributed by atoms with Gasteiger partial charge in [0.2, 0.25) is 0 Å². The van der Waals surface area contributed by atoms with E-state index in [1.54, 1.807) is 12.2 Å². The summed E-state index contributed by atoms with van der Waals surface area (Å²) >= 11 is 0. The SMILES string of the molecule is CC(C1=CC=CC2CC12)C(F)(F)F. The zero-order valence-electron chi connectivity index (χ0n) is 7.31. The van der Waals surface area contributed by atoms with Gasteiger partial charge in [0.15, 0.2) is 0 Å². The predicted molar refractivity (Wildman–Crippen MR) is 44.0 cm³/mol. The highest BCUT2D eigenvalue weighted by Gasteiger charge is 2.47. The Morgan fingerprint density at radius 3 is 2.77 bits per heavy atom. The van der Waals surface area contributed by atoms with Crippen molar-refractivity contribution in [3.63, 3.8) is 0 Å². The zero-order valence-corrected chi connectivity index (χ0v) is 7.31. The lowest BCUT2D eigenvalue weighted by atomic mass is 9.92. The molecule has 1 fully saturated rings. The third-order valence-electron chi connectivity index (χ3n) is 2.91. The van der Waals surface area contributed by atoms with Gasteiger partial charge in [-0.15, -0.1) is 0 Å². The highest BCUT2D eigenvalue weighted by Crippen LogP contribution is 2.52. The average Bonchev–Trinajstić information content (AvgIpc) is 2.78. The van der Waals surface area contributed by atoms with Crippen LogP contribution < -0.4 is 0 Å². The minimum atomic E-state index is -4.08. The molecular formula is C10H11F3. The van der Waals surface area contributed by atoms with Gasteiger partial charge in [-0.1, -0.05) is 23.8 Å². The molecule has 72 valence electrons. The first kappa shape index (κ1) is 8.85. The van der Waals surface area contributed by atoms with Gasteiger partial charge in [-0.25, -0.2) is 0 Å². The molecule has 0 aliphatic heterocycles. The highest BCUT2D eigenvalue weighted by molar-refractivity contribution is 5.32. The van der Waals surface area contributed by atoms with E-state index >= 15 is 0 Å². The quantitative estimate of drug-likeness (QED) is 0.592. The Labute approximate surface area is 75.1 Å². The maximum Gasteiger partial charge on any atom is 0.395 e. The van der Waals surface area contributed by atoms with Crippen molar-refractivity contribution in [2.24, 2.45) is 17.8 Å². The Balaban J connectivity index is 2.17. The second-order valence-electron chi connectivity index (χ2n) is 3.82. The number of hydrogen-bond acceptors (Lipinski definition) is 0. The van der Waals surface area contributed by atoms with Crippen LogP contribution in [0.5, 0.6) is 0 Å². The summed E-state index contributed by atoms with van der Waals surface area (Å²) in [6, 6.07) is 0. The van der Waals surface area contributed by atoms with Crippen molar-refractivity contribution in [2.45, 2.75) is 19.5 Å². The first-order valence-corrected chi connectivity index (χ1v) is 4.45. The van der Waals surface area contributed by atoms with E-state index in [0.29, 0.717) is 11.5 Å². The fourth-order valence-electron chi connectivity index (χ4n) is 1.90. The van der Waals surface area contributed by atoms with E-state index < -0.39 is 12.1 Å². The number of alkyl halides is 3. The van der Waals surface area contributed by atoms with Crippen LogP contribution in [0.1, 0.15) is 13.3 Å². The van der Waals surface area contributed by atoms with Crippen LogP contribution in [0.4, 0.5) is 13.2 Å². The van der Waals surface area contributed by atoms with Crippen molar-refractivity contribution in [1.82, 2.24) is 0 Å². The third kappa shape index (κ3) is 1.52. The van der Waals surface area contributed by atoms with Gasteiger partial charge in [0.05, 0.1) is 5.92 Å². The summed E-state index contributed by atoms with van der Waals surface area (Å²) in [7, 11) is 0. The lowest BCUT2D eigenvalue weighted by molar-refractivity contribution is -0.160. The first-order valence-electron chi connectivity index (χ1n) is 4.45. The first-order chi connectivity index (χ1) is 6.00. The molecule has 0 radical (unpaired) electrons. The highest BCUT2D eigenvalue weighted by atomic mass is 19.4. The summed E-state index contributed by atoms with van der Waals surface area (Å²) in [5.41, 5.74) is 0.569. The molecule has 0 N–H and O–H groups in total. The summed E-state index contributed by atoms with van der Waals surface area (Å²) in [6.45, 7) is 1.25. The molecule has 2 aliphatic carbocycles. The summed E-state index contributed by atoms with van der Waals surface area (Å²) in [6.07, 6.45) is 2.21. The molecule has 0 amide bonds. The van der Waals surface area contributed by atoms with Crippen molar-refractivity contribution in [2.75, 3.05) is 0 Å². The molecule has 3 heteroatoms. The number of allylic oxidation sites excluding steroid dienone is 4. The summed E-state index contributed by atoms with van der Waals surface area (Å²) in [5.74, 6) is -0.695. The molecule has 0 heterocycles. The molecule has 0 aromatic carbocycles. The van der Waals surface area contributed by atoms with Gasteiger partial charge < -0.3 is 0 Å². The molecule has 13 heavy (non-hydrogen) atoms. The van der Waals surface area contributed by atoms with Gasteiger partial charge in [0.1, 0.15) is 0 Å². The predicted octanol–water partition coefficient (Wildman–Crippen LogP) is 3.32. The smallest absolute Gasteiger partial charge is 0.170 e. The van der Waals surface area contributed by atoms with E-state index in [-0.39, 0.29) is 5.92 Å². The molecule has 0 spiro atoms. The lowest BCUT2D eigenvalue weighted by Gasteiger charge is -2.20. The van der Waals surface area contributed by atoms with Crippen LogP contribution in [0.15, 0.2) is 23.8 Å². The number of rotatable bonds is 1. The van der Waals surface area contributed by atoms with Crippen LogP contribution >= 0.6 is 0 Å². The van der Waals surface area contributed by atoms with Crippen molar-refractivity contribution < 1.29 is 13.2 Å². The fraction of sp³-hybridized carbons (Fsp3) is 0.600. The van der Waals surface area contributed by atoms with E-state index in [4.69, 9.17) is 0 Å². The summed E-state index contributed by atoms with van der Waals surface area (Å²) < 4.78 is 37.1. The van der Waals surface area contributed by atoms with E-state index in [1.165, 1.54) is 6.92 Å². The monoisotopic (exact) mass is 188 g/mol. The normalized spacial score (nSPS) is 33.7. The summed E-state index contributed by atoms with van der Waals surface area (Å²) in [5, 5.41) is 0. The molecule has 0 aromatic rings. The Bertz CT molecular complexity index is 272.